The molecule has 0 spiro atoms. The summed E-state index contributed by atoms with van der Waals surface area (Å²) in [4.78, 5) is 36.8. The molecule has 0 N–H and O–H groups in total. The highest BCUT2D eigenvalue weighted by atomic mass is 16.8. The zero-order valence-electron chi connectivity index (χ0n) is 9.11. The van der Waals surface area contributed by atoms with Crippen molar-refractivity contribution in [3.63, 3.8) is 0 Å². The van der Waals surface area contributed by atoms with E-state index in [4.69, 9.17) is 0 Å². The number of hydrogen-bond acceptors (Lipinski definition) is 5. The van der Waals surface area contributed by atoms with Gasteiger partial charge in [-0.05, 0) is 6.92 Å². The van der Waals surface area contributed by atoms with Crippen LogP contribution in [-0.4, -0.2) is 29.6 Å². The van der Waals surface area contributed by atoms with Crippen LogP contribution in [-0.2, 0) is 19.2 Å². The average molecular weight is 217 g/mol. The SMILES string of the molecule is CC.CCOC(=O)ON1C(=O)CCC1=O. The van der Waals surface area contributed by atoms with Crippen LogP contribution in [0.1, 0.15) is 33.6 Å². The first-order valence-electron chi connectivity index (χ1n) is 4.85. The molecule has 0 saturated carbocycles. The maximum absolute atomic E-state index is 10.9. The van der Waals surface area contributed by atoms with E-state index in [2.05, 4.69) is 9.57 Å². The minimum Gasteiger partial charge on any atom is -0.433 e. The van der Waals surface area contributed by atoms with Gasteiger partial charge >= 0.3 is 6.16 Å². The van der Waals surface area contributed by atoms with Crippen molar-refractivity contribution in [1.82, 2.24) is 5.06 Å². The van der Waals surface area contributed by atoms with E-state index >= 15 is 0 Å². The van der Waals surface area contributed by atoms with Crippen molar-refractivity contribution in [1.29, 1.82) is 0 Å². The van der Waals surface area contributed by atoms with Crippen LogP contribution in [0, 0.1) is 0 Å². The second-order valence-corrected chi connectivity index (χ2v) is 2.36. The second-order valence-electron chi connectivity index (χ2n) is 2.36. The molecule has 0 aliphatic carbocycles. The van der Waals surface area contributed by atoms with Gasteiger partial charge in [0.25, 0.3) is 11.8 Å². The molecule has 15 heavy (non-hydrogen) atoms. The Labute approximate surface area is 88.1 Å². The maximum atomic E-state index is 10.9. The summed E-state index contributed by atoms with van der Waals surface area (Å²) in [6.45, 7) is 5.73. The van der Waals surface area contributed by atoms with E-state index in [9.17, 15) is 14.4 Å². The normalized spacial score (nSPS) is 14.5. The lowest BCUT2D eigenvalue weighted by Gasteiger charge is -2.11. The van der Waals surface area contributed by atoms with Crippen molar-refractivity contribution in [3.8, 4) is 0 Å². The van der Waals surface area contributed by atoms with E-state index in [1.165, 1.54) is 0 Å². The monoisotopic (exact) mass is 217 g/mol. The fourth-order valence-corrected chi connectivity index (χ4v) is 0.877. The van der Waals surface area contributed by atoms with Crippen LogP contribution in [0.25, 0.3) is 0 Å². The molecule has 86 valence electrons. The van der Waals surface area contributed by atoms with Crippen LogP contribution < -0.4 is 0 Å². The molecule has 6 nitrogen and oxygen atoms in total. The summed E-state index contributed by atoms with van der Waals surface area (Å²) in [6, 6.07) is 0. The molecule has 0 radical (unpaired) electrons. The first kappa shape index (κ1) is 13.4. The van der Waals surface area contributed by atoms with Crippen LogP contribution in [0.4, 0.5) is 4.79 Å². The fourth-order valence-electron chi connectivity index (χ4n) is 0.877. The molecule has 1 heterocycles. The Morgan fingerprint density at radius 2 is 1.73 bits per heavy atom. The van der Waals surface area contributed by atoms with E-state index in [1.54, 1.807) is 6.92 Å². The van der Waals surface area contributed by atoms with Gasteiger partial charge in [0.15, 0.2) is 0 Å². The minimum atomic E-state index is -1.04. The van der Waals surface area contributed by atoms with Crippen LogP contribution in [0.15, 0.2) is 0 Å². The largest absolute Gasteiger partial charge is 0.533 e. The molecule has 2 amide bonds. The van der Waals surface area contributed by atoms with E-state index < -0.39 is 18.0 Å². The Morgan fingerprint density at radius 1 is 1.27 bits per heavy atom. The highest BCUT2D eigenvalue weighted by Gasteiger charge is 2.33. The smallest absolute Gasteiger partial charge is 0.433 e. The third-order valence-corrected chi connectivity index (χ3v) is 1.43. The first-order valence-corrected chi connectivity index (χ1v) is 4.85. The Balaban J connectivity index is 0.000000921. The zero-order valence-corrected chi connectivity index (χ0v) is 9.11. The predicted octanol–water partition coefficient (Wildman–Crippen LogP) is 1.25. The molecule has 1 aliphatic rings. The molecule has 0 unspecified atom stereocenters. The Morgan fingerprint density at radius 3 is 2.13 bits per heavy atom. The Hall–Kier alpha value is -1.59. The molecule has 1 aliphatic heterocycles. The number of carbonyl (C=O) groups excluding carboxylic acids is 3. The van der Waals surface area contributed by atoms with Gasteiger partial charge in [0.05, 0.1) is 6.61 Å². The molecule has 0 aromatic carbocycles. The highest BCUT2D eigenvalue weighted by Crippen LogP contribution is 2.12. The quantitative estimate of drug-likeness (QED) is 0.514. The van der Waals surface area contributed by atoms with Gasteiger partial charge in [-0.1, -0.05) is 18.9 Å². The number of hydrogen-bond donors (Lipinski definition) is 0. The predicted molar refractivity (Wildman–Crippen MR) is 50.5 cm³/mol. The van der Waals surface area contributed by atoms with E-state index in [0.717, 1.165) is 0 Å². The molecule has 0 bridgehead atoms. The van der Waals surface area contributed by atoms with Crippen molar-refractivity contribution in [2.75, 3.05) is 6.61 Å². The standard InChI is InChI=1S/C7H9NO5.C2H6/c1-2-12-7(11)13-8-5(9)3-4-6(8)10;1-2/h2-4H2,1H3;1-2H3. The zero-order chi connectivity index (χ0) is 11.8. The van der Waals surface area contributed by atoms with Gasteiger partial charge in [0.2, 0.25) is 0 Å². The number of amides is 2. The van der Waals surface area contributed by atoms with Crippen molar-refractivity contribution in [2.24, 2.45) is 0 Å². The van der Waals surface area contributed by atoms with Crippen LogP contribution >= 0.6 is 0 Å². The van der Waals surface area contributed by atoms with Gasteiger partial charge in [-0.15, -0.1) is 0 Å². The number of imide groups is 1. The Bertz CT molecular complexity index is 235. The van der Waals surface area contributed by atoms with Gasteiger partial charge in [-0.25, -0.2) is 4.79 Å². The lowest BCUT2D eigenvalue weighted by atomic mass is 10.4. The lowest BCUT2D eigenvalue weighted by Crippen LogP contribution is -2.32. The topological polar surface area (TPSA) is 72.9 Å². The van der Waals surface area contributed by atoms with Gasteiger partial charge in [-0.3, -0.25) is 14.4 Å². The summed E-state index contributed by atoms with van der Waals surface area (Å²) in [5, 5.41) is 0.442. The van der Waals surface area contributed by atoms with Crippen LogP contribution in [0.5, 0.6) is 0 Å². The second kappa shape index (κ2) is 6.80. The van der Waals surface area contributed by atoms with E-state index in [-0.39, 0.29) is 19.4 Å². The molecule has 6 heteroatoms. The summed E-state index contributed by atoms with van der Waals surface area (Å²) in [5.74, 6) is -1.03. The molecule has 0 aromatic rings. The average Bonchev–Trinajstić information content (AvgIpc) is 2.53. The molecular formula is C9H15NO5. The molecule has 1 rings (SSSR count). The van der Waals surface area contributed by atoms with Gasteiger partial charge in [-0.2, -0.15) is 0 Å². The third kappa shape index (κ3) is 3.97. The highest BCUT2D eigenvalue weighted by molar-refractivity contribution is 6.01. The molecule has 1 fully saturated rings. The van der Waals surface area contributed by atoms with Crippen molar-refractivity contribution in [3.05, 3.63) is 0 Å². The summed E-state index contributed by atoms with van der Waals surface area (Å²) in [5.41, 5.74) is 0. The molecule has 1 saturated heterocycles. The number of rotatable bonds is 2. The number of ether oxygens (including phenoxy) is 1. The maximum Gasteiger partial charge on any atom is 0.533 e. The van der Waals surface area contributed by atoms with Gasteiger partial charge < -0.3 is 4.74 Å². The fraction of sp³-hybridized carbons (Fsp3) is 0.667. The van der Waals surface area contributed by atoms with Gasteiger partial charge in [0, 0.05) is 12.8 Å². The van der Waals surface area contributed by atoms with E-state index in [1.807, 2.05) is 13.8 Å². The Kier molecular flexibility index (Phi) is 6.08. The van der Waals surface area contributed by atoms with Crippen molar-refractivity contribution >= 4 is 18.0 Å². The van der Waals surface area contributed by atoms with Crippen LogP contribution in [0.2, 0.25) is 0 Å². The summed E-state index contributed by atoms with van der Waals surface area (Å²) < 4.78 is 4.39. The molecule has 0 atom stereocenters. The van der Waals surface area contributed by atoms with Crippen molar-refractivity contribution in [2.45, 2.75) is 33.6 Å². The third-order valence-electron chi connectivity index (χ3n) is 1.43. The first-order chi connectivity index (χ1) is 7.15. The summed E-state index contributed by atoms with van der Waals surface area (Å²) in [6.07, 6.45) is -0.873. The lowest BCUT2D eigenvalue weighted by molar-refractivity contribution is -0.176. The summed E-state index contributed by atoms with van der Waals surface area (Å²) in [7, 11) is 0. The molecule has 0 aromatic heterocycles. The summed E-state index contributed by atoms with van der Waals surface area (Å²) >= 11 is 0. The van der Waals surface area contributed by atoms with E-state index in [0.29, 0.717) is 5.06 Å². The van der Waals surface area contributed by atoms with Crippen LogP contribution in [0.3, 0.4) is 0 Å². The number of hydroxylamine groups is 2. The van der Waals surface area contributed by atoms with Gasteiger partial charge in [0.1, 0.15) is 0 Å². The minimum absolute atomic E-state index is 0.0816. The number of nitrogens with zero attached hydrogens (tertiary/aromatic N) is 1. The van der Waals surface area contributed by atoms with Crippen molar-refractivity contribution < 1.29 is 24.0 Å². The molecular weight excluding hydrogens is 202 g/mol. The number of carbonyl (C=O) groups is 3.